The number of aryl methyl sites for hydroxylation is 2. The van der Waals surface area contributed by atoms with Crippen LogP contribution in [-0.2, 0) is 11.3 Å². The third-order valence-electron chi connectivity index (χ3n) is 4.96. The molecule has 1 N–H and O–H groups in total. The van der Waals surface area contributed by atoms with E-state index in [2.05, 4.69) is 38.0 Å². The van der Waals surface area contributed by atoms with Gasteiger partial charge in [0, 0.05) is 17.1 Å². The number of ether oxygens (including phenoxy) is 2. The second kappa shape index (κ2) is 11.4. The fourth-order valence-electron chi connectivity index (χ4n) is 3.13. The van der Waals surface area contributed by atoms with Gasteiger partial charge in [0.15, 0.2) is 17.1 Å². The Bertz CT molecular complexity index is 1150. The fraction of sp³-hybridized carbons (Fsp3) is 0.292. The molecule has 1 heterocycles. The maximum atomic E-state index is 12.6. The van der Waals surface area contributed by atoms with E-state index < -0.39 is 0 Å². The number of allylic oxidation sites excluding steroid dienone is 1. The van der Waals surface area contributed by atoms with Crippen molar-refractivity contribution < 1.29 is 14.3 Å². The SMILES string of the molecule is C=CCn1c(SCC(=O)Nc2cc(C)c(C)cc2Br)nnc1C(C)Oc1cccc(OC)c1. The molecular formula is C24H27BrN4O3S. The first-order valence-electron chi connectivity index (χ1n) is 10.4. The van der Waals surface area contributed by atoms with E-state index in [1.807, 2.05) is 61.7 Å². The predicted molar refractivity (Wildman–Crippen MR) is 135 cm³/mol. The number of carbonyl (C=O) groups is 1. The molecule has 0 aliphatic rings. The summed E-state index contributed by atoms with van der Waals surface area (Å²) in [4.78, 5) is 12.6. The van der Waals surface area contributed by atoms with Crippen LogP contribution >= 0.6 is 27.7 Å². The highest BCUT2D eigenvalue weighted by molar-refractivity contribution is 9.10. The lowest BCUT2D eigenvalue weighted by molar-refractivity contribution is -0.113. The molecule has 2 aromatic carbocycles. The monoisotopic (exact) mass is 530 g/mol. The Morgan fingerprint density at radius 2 is 1.97 bits per heavy atom. The lowest BCUT2D eigenvalue weighted by Crippen LogP contribution is -2.16. The fourth-order valence-corrected chi connectivity index (χ4v) is 4.44. The standard InChI is InChI=1S/C24H27BrN4O3S/c1-6-10-29-23(17(4)32-19-9-7-8-18(13-19)31-5)27-28-24(29)33-14-22(30)26-21-12-16(3)15(2)11-20(21)25/h6-9,11-13,17H,1,10,14H2,2-5H3,(H,26,30). The van der Waals surface area contributed by atoms with E-state index in [4.69, 9.17) is 9.47 Å². The summed E-state index contributed by atoms with van der Waals surface area (Å²) in [5, 5.41) is 12.2. The second-order valence-electron chi connectivity index (χ2n) is 7.43. The van der Waals surface area contributed by atoms with E-state index >= 15 is 0 Å². The van der Waals surface area contributed by atoms with Crippen molar-refractivity contribution in [3.8, 4) is 11.5 Å². The largest absolute Gasteiger partial charge is 0.497 e. The van der Waals surface area contributed by atoms with Gasteiger partial charge in [-0.15, -0.1) is 16.8 Å². The second-order valence-corrected chi connectivity index (χ2v) is 9.23. The normalized spacial score (nSPS) is 11.7. The first-order valence-corrected chi connectivity index (χ1v) is 12.1. The molecule has 33 heavy (non-hydrogen) atoms. The number of amides is 1. The van der Waals surface area contributed by atoms with E-state index in [0.717, 1.165) is 21.3 Å². The molecule has 7 nitrogen and oxygen atoms in total. The quantitative estimate of drug-likeness (QED) is 0.266. The third-order valence-corrected chi connectivity index (χ3v) is 6.59. The number of hydrogen-bond acceptors (Lipinski definition) is 6. The molecule has 9 heteroatoms. The summed E-state index contributed by atoms with van der Waals surface area (Å²) < 4.78 is 14.1. The van der Waals surface area contributed by atoms with Crippen molar-refractivity contribution in [1.29, 1.82) is 0 Å². The Hall–Kier alpha value is -2.78. The molecule has 0 spiro atoms. The van der Waals surface area contributed by atoms with E-state index in [0.29, 0.717) is 29.0 Å². The number of hydrogen-bond donors (Lipinski definition) is 1. The molecule has 0 saturated heterocycles. The molecular weight excluding hydrogens is 504 g/mol. The molecule has 0 bridgehead atoms. The van der Waals surface area contributed by atoms with Crippen molar-refractivity contribution in [2.45, 2.75) is 38.6 Å². The molecule has 0 radical (unpaired) electrons. The lowest BCUT2D eigenvalue weighted by Gasteiger charge is -2.16. The number of halogens is 1. The summed E-state index contributed by atoms with van der Waals surface area (Å²) in [7, 11) is 1.61. The molecule has 0 aliphatic carbocycles. The van der Waals surface area contributed by atoms with E-state index in [9.17, 15) is 4.79 Å². The Kier molecular flexibility index (Phi) is 8.57. The summed E-state index contributed by atoms with van der Waals surface area (Å²) in [6.07, 6.45) is 1.40. The van der Waals surface area contributed by atoms with Crippen molar-refractivity contribution in [2.75, 3.05) is 18.2 Å². The topological polar surface area (TPSA) is 78.3 Å². The van der Waals surface area contributed by atoms with Crippen LogP contribution in [0.25, 0.3) is 0 Å². The number of aromatic nitrogens is 3. The maximum Gasteiger partial charge on any atom is 0.234 e. The van der Waals surface area contributed by atoms with Gasteiger partial charge in [-0.25, -0.2) is 0 Å². The third kappa shape index (κ3) is 6.39. The predicted octanol–water partition coefficient (Wildman–Crippen LogP) is 5.72. The van der Waals surface area contributed by atoms with Crippen molar-refractivity contribution in [3.63, 3.8) is 0 Å². The van der Waals surface area contributed by atoms with Gasteiger partial charge >= 0.3 is 0 Å². The zero-order valence-corrected chi connectivity index (χ0v) is 21.5. The molecule has 1 amide bonds. The molecule has 1 atom stereocenters. The van der Waals surface area contributed by atoms with Crippen LogP contribution in [0.4, 0.5) is 5.69 Å². The minimum Gasteiger partial charge on any atom is -0.497 e. The highest BCUT2D eigenvalue weighted by Crippen LogP contribution is 2.28. The Morgan fingerprint density at radius 1 is 1.24 bits per heavy atom. The van der Waals surface area contributed by atoms with Gasteiger partial charge in [-0.05, 0) is 72.1 Å². The Morgan fingerprint density at radius 3 is 2.70 bits per heavy atom. The van der Waals surface area contributed by atoms with Crippen LogP contribution in [0, 0.1) is 13.8 Å². The van der Waals surface area contributed by atoms with Gasteiger partial charge in [-0.3, -0.25) is 9.36 Å². The van der Waals surface area contributed by atoms with Crippen molar-refractivity contribution in [1.82, 2.24) is 14.8 Å². The van der Waals surface area contributed by atoms with E-state index in [-0.39, 0.29) is 17.8 Å². The molecule has 0 fully saturated rings. The minimum atomic E-state index is -0.362. The smallest absolute Gasteiger partial charge is 0.234 e. The van der Waals surface area contributed by atoms with Gasteiger partial charge in [-0.1, -0.05) is 23.9 Å². The number of methoxy groups -OCH3 is 1. The molecule has 0 saturated carbocycles. The first-order chi connectivity index (χ1) is 15.8. The number of carbonyl (C=O) groups excluding carboxylic acids is 1. The number of anilines is 1. The summed E-state index contributed by atoms with van der Waals surface area (Å²) in [5.41, 5.74) is 3.02. The van der Waals surface area contributed by atoms with Gasteiger partial charge in [0.05, 0.1) is 18.6 Å². The zero-order chi connectivity index (χ0) is 24.0. The number of nitrogens with zero attached hydrogens (tertiary/aromatic N) is 3. The van der Waals surface area contributed by atoms with Crippen molar-refractivity contribution in [2.24, 2.45) is 0 Å². The highest BCUT2D eigenvalue weighted by atomic mass is 79.9. The summed E-state index contributed by atoms with van der Waals surface area (Å²) in [5.74, 6) is 2.10. The Balaban J connectivity index is 1.69. The van der Waals surface area contributed by atoms with Gasteiger partial charge in [-0.2, -0.15) is 0 Å². The summed E-state index contributed by atoms with van der Waals surface area (Å²) in [6.45, 7) is 10.3. The number of nitrogens with one attached hydrogen (secondary N) is 1. The molecule has 3 aromatic rings. The Labute approximate surface area is 206 Å². The van der Waals surface area contributed by atoms with Gasteiger partial charge in [0.2, 0.25) is 5.91 Å². The van der Waals surface area contributed by atoms with Gasteiger partial charge in [0.1, 0.15) is 11.5 Å². The zero-order valence-electron chi connectivity index (χ0n) is 19.1. The molecule has 0 aliphatic heterocycles. The minimum absolute atomic E-state index is 0.126. The van der Waals surface area contributed by atoms with Crippen molar-refractivity contribution in [3.05, 3.63) is 70.5 Å². The molecule has 1 unspecified atom stereocenters. The average Bonchev–Trinajstić information content (AvgIpc) is 3.19. The van der Waals surface area contributed by atoms with Gasteiger partial charge < -0.3 is 14.8 Å². The van der Waals surface area contributed by atoms with E-state index in [1.54, 1.807) is 13.2 Å². The van der Waals surface area contributed by atoms with Crippen LogP contribution in [0.15, 0.2) is 58.7 Å². The number of benzene rings is 2. The van der Waals surface area contributed by atoms with Crippen LogP contribution < -0.4 is 14.8 Å². The molecule has 174 valence electrons. The van der Waals surface area contributed by atoms with Crippen LogP contribution in [0.5, 0.6) is 11.5 Å². The highest BCUT2D eigenvalue weighted by Gasteiger charge is 2.20. The summed E-state index contributed by atoms with van der Waals surface area (Å²) in [6, 6.07) is 11.3. The number of rotatable bonds is 10. The number of thioether (sulfide) groups is 1. The van der Waals surface area contributed by atoms with E-state index in [1.165, 1.54) is 11.8 Å². The van der Waals surface area contributed by atoms with Crippen LogP contribution in [0.2, 0.25) is 0 Å². The van der Waals surface area contributed by atoms with Crippen LogP contribution in [0.3, 0.4) is 0 Å². The first kappa shape index (κ1) is 24.9. The molecule has 1 aromatic heterocycles. The lowest BCUT2D eigenvalue weighted by atomic mass is 10.1. The maximum absolute atomic E-state index is 12.6. The van der Waals surface area contributed by atoms with Gasteiger partial charge in [0.25, 0.3) is 0 Å². The summed E-state index contributed by atoms with van der Waals surface area (Å²) >= 11 is 4.83. The van der Waals surface area contributed by atoms with Crippen molar-refractivity contribution >= 4 is 39.3 Å². The van der Waals surface area contributed by atoms with Crippen LogP contribution in [0.1, 0.15) is 30.0 Å². The molecule has 3 rings (SSSR count). The average molecular weight is 531 g/mol. The van der Waals surface area contributed by atoms with Crippen LogP contribution in [-0.4, -0.2) is 33.5 Å².